The second kappa shape index (κ2) is 8.26. The average Bonchev–Trinajstić information content (AvgIpc) is 3.07. The Kier molecular flexibility index (Phi) is 5.59. The van der Waals surface area contributed by atoms with Crippen molar-refractivity contribution >= 4 is 23.9 Å². The summed E-state index contributed by atoms with van der Waals surface area (Å²) < 4.78 is 20.8. The van der Waals surface area contributed by atoms with Crippen molar-refractivity contribution in [2.45, 2.75) is 0 Å². The molecule has 1 aliphatic rings. The second-order valence-electron chi connectivity index (χ2n) is 5.69. The van der Waals surface area contributed by atoms with Crippen molar-refractivity contribution in [3.05, 3.63) is 59.3 Å². The van der Waals surface area contributed by atoms with Gasteiger partial charge in [0.25, 0.3) is 0 Å². The van der Waals surface area contributed by atoms with E-state index in [1.54, 1.807) is 48.5 Å². The molecule has 0 spiro atoms. The van der Waals surface area contributed by atoms with Crippen LogP contribution in [-0.4, -0.2) is 43.8 Å². The molecule has 144 valence electrons. The first kappa shape index (κ1) is 19.0. The van der Waals surface area contributed by atoms with Crippen LogP contribution in [0, 0.1) is 0 Å². The van der Waals surface area contributed by atoms with Gasteiger partial charge in [0.15, 0.2) is 12.3 Å². The maximum absolute atomic E-state index is 12.2. The molecular weight excluding hydrogens is 366 g/mol. The number of rotatable bonds is 7. The predicted octanol–water partition coefficient (Wildman–Crippen LogP) is 2.51. The highest BCUT2D eigenvalue weighted by atomic mass is 16.6. The van der Waals surface area contributed by atoms with Crippen LogP contribution in [0.15, 0.2) is 53.2 Å². The highest BCUT2D eigenvalue weighted by Crippen LogP contribution is 2.26. The Hall–Kier alpha value is -3.81. The van der Waals surface area contributed by atoms with Crippen LogP contribution < -0.4 is 14.2 Å². The zero-order valence-electron chi connectivity index (χ0n) is 15.2. The summed E-state index contributed by atoms with van der Waals surface area (Å²) in [7, 11) is 3.05. The van der Waals surface area contributed by atoms with Crippen molar-refractivity contribution in [3.8, 4) is 17.2 Å². The third kappa shape index (κ3) is 4.47. The van der Waals surface area contributed by atoms with Crippen molar-refractivity contribution in [1.29, 1.82) is 0 Å². The van der Waals surface area contributed by atoms with Crippen LogP contribution in [0.4, 0.5) is 0 Å². The monoisotopic (exact) mass is 383 g/mol. The number of hydrogen-bond acceptors (Lipinski definition) is 7. The van der Waals surface area contributed by atoms with E-state index in [2.05, 4.69) is 4.99 Å². The van der Waals surface area contributed by atoms with Crippen molar-refractivity contribution in [1.82, 2.24) is 0 Å². The van der Waals surface area contributed by atoms with E-state index in [-0.39, 0.29) is 11.6 Å². The van der Waals surface area contributed by atoms with E-state index in [1.165, 1.54) is 14.2 Å². The Bertz CT molecular complexity index is 939. The molecule has 0 amide bonds. The molecule has 0 radical (unpaired) electrons. The Labute approximate surface area is 160 Å². The number of aliphatic imine (C=N–C) groups is 1. The molecule has 2 aromatic carbocycles. The van der Waals surface area contributed by atoms with Gasteiger partial charge in [-0.3, -0.25) is 0 Å². The van der Waals surface area contributed by atoms with E-state index in [9.17, 15) is 9.59 Å². The Morgan fingerprint density at radius 1 is 1.07 bits per heavy atom. The van der Waals surface area contributed by atoms with Crippen LogP contribution in [0.1, 0.15) is 11.1 Å². The molecule has 8 heteroatoms. The molecule has 0 fully saturated rings. The van der Waals surface area contributed by atoms with Gasteiger partial charge in [-0.25, -0.2) is 14.6 Å². The summed E-state index contributed by atoms with van der Waals surface area (Å²) in [5.41, 5.74) is 1.37. The smallest absolute Gasteiger partial charge is 0.363 e. The number of aliphatic carboxylic acids is 1. The lowest BCUT2D eigenvalue weighted by Crippen LogP contribution is -2.09. The topological polar surface area (TPSA) is 104 Å². The van der Waals surface area contributed by atoms with Gasteiger partial charge >= 0.3 is 11.9 Å². The molecule has 8 nitrogen and oxygen atoms in total. The van der Waals surface area contributed by atoms with Crippen LogP contribution in [0.3, 0.4) is 0 Å². The minimum atomic E-state index is -1.06. The Morgan fingerprint density at radius 3 is 2.29 bits per heavy atom. The number of ether oxygens (including phenoxy) is 4. The third-order valence-corrected chi connectivity index (χ3v) is 3.76. The van der Waals surface area contributed by atoms with Gasteiger partial charge in [0.2, 0.25) is 5.90 Å². The molecule has 1 aliphatic heterocycles. The maximum Gasteiger partial charge on any atom is 0.363 e. The van der Waals surface area contributed by atoms with Gasteiger partial charge < -0.3 is 24.1 Å². The van der Waals surface area contributed by atoms with Crippen LogP contribution in [0.25, 0.3) is 6.08 Å². The van der Waals surface area contributed by atoms with E-state index in [0.29, 0.717) is 28.4 Å². The highest BCUT2D eigenvalue weighted by molar-refractivity contribution is 6.13. The molecule has 0 aromatic heterocycles. The molecule has 0 bridgehead atoms. The number of carbonyl (C=O) groups excluding carboxylic acids is 1. The number of benzene rings is 2. The number of cyclic esters (lactones) is 1. The summed E-state index contributed by atoms with van der Waals surface area (Å²) in [6, 6.07) is 11.6. The quantitative estimate of drug-likeness (QED) is 0.579. The fourth-order valence-electron chi connectivity index (χ4n) is 2.43. The van der Waals surface area contributed by atoms with Gasteiger partial charge in [-0.05, 0) is 35.9 Å². The third-order valence-electron chi connectivity index (χ3n) is 3.76. The van der Waals surface area contributed by atoms with Crippen LogP contribution >= 0.6 is 0 Å². The van der Waals surface area contributed by atoms with Crippen LogP contribution in [0.2, 0.25) is 0 Å². The summed E-state index contributed by atoms with van der Waals surface area (Å²) in [5, 5.41) is 8.62. The molecular formula is C20H17NO7. The fourth-order valence-corrected chi connectivity index (χ4v) is 2.43. The van der Waals surface area contributed by atoms with Crippen molar-refractivity contribution in [2.75, 3.05) is 20.8 Å². The van der Waals surface area contributed by atoms with Gasteiger partial charge in [-0.15, -0.1) is 0 Å². The van der Waals surface area contributed by atoms with Gasteiger partial charge in [0.05, 0.1) is 14.2 Å². The minimum absolute atomic E-state index is 0.135. The molecule has 2 aromatic rings. The zero-order chi connectivity index (χ0) is 20.1. The number of carboxylic acid groups (broad SMARTS) is 1. The predicted molar refractivity (Wildman–Crippen MR) is 99.7 cm³/mol. The molecule has 28 heavy (non-hydrogen) atoms. The van der Waals surface area contributed by atoms with Gasteiger partial charge in [0, 0.05) is 11.6 Å². The van der Waals surface area contributed by atoms with Gasteiger partial charge in [-0.2, -0.15) is 0 Å². The summed E-state index contributed by atoms with van der Waals surface area (Å²) in [6.07, 6.45) is 1.56. The number of carboxylic acids is 1. The van der Waals surface area contributed by atoms with Gasteiger partial charge in [-0.1, -0.05) is 12.1 Å². The molecule has 0 unspecified atom stereocenters. The number of esters is 1. The summed E-state index contributed by atoms with van der Waals surface area (Å²) in [5.74, 6) is 0.00459. The van der Waals surface area contributed by atoms with Crippen LogP contribution in [0.5, 0.6) is 17.2 Å². The fraction of sp³-hybridized carbons (Fsp3) is 0.150. The summed E-state index contributed by atoms with van der Waals surface area (Å²) >= 11 is 0. The molecule has 0 aliphatic carbocycles. The van der Waals surface area contributed by atoms with Crippen LogP contribution in [-0.2, 0) is 14.3 Å². The molecule has 0 atom stereocenters. The first-order valence-corrected chi connectivity index (χ1v) is 8.19. The largest absolute Gasteiger partial charge is 0.497 e. The zero-order valence-corrected chi connectivity index (χ0v) is 15.2. The number of hydrogen-bond donors (Lipinski definition) is 1. The van der Waals surface area contributed by atoms with E-state index in [1.807, 2.05) is 0 Å². The summed E-state index contributed by atoms with van der Waals surface area (Å²) in [4.78, 5) is 26.9. The van der Waals surface area contributed by atoms with E-state index < -0.39 is 18.5 Å². The number of carbonyl (C=O) groups is 2. The number of nitrogens with zero attached hydrogens (tertiary/aromatic N) is 1. The van der Waals surface area contributed by atoms with E-state index in [0.717, 1.165) is 0 Å². The van der Waals surface area contributed by atoms with Crippen molar-refractivity contribution in [2.24, 2.45) is 4.99 Å². The lowest BCUT2D eigenvalue weighted by molar-refractivity contribution is -0.139. The number of methoxy groups -OCH3 is 2. The SMILES string of the molecule is COc1cc(OC)cc(C2=NC(=Cc3ccc(OCC(=O)O)cc3)C(=O)O2)c1. The summed E-state index contributed by atoms with van der Waals surface area (Å²) in [6.45, 7) is -0.426. The second-order valence-corrected chi connectivity index (χ2v) is 5.69. The lowest BCUT2D eigenvalue weighted by Gasteiger charge is -2.07. The normalized spacial score (nSPS) is 14.4. The van der Waals surface area contributed by atoms with Gasteiger partial charge in [0.1, 0.15) is 17.2 Å². The molecule has 0 saturated heterocycles. The Morgan fingerprint density at radius 2 is 1.71 bits per heavy atom. The molecule has 3 rings (SSSR count). The highest BCUT2D eigenvalue weighted by Gasteiger charge is 2.25. The van der Waals surface area contributed by atoms with Crippen molar-refractivity contribution in [3.63, 3.8) is 0 Å². The Balaban J connectivity index is 1.82. The molecule has 1 heterocycles. The minimum Gasteiger partial charge on any atom is -0.497 e. The molecule has 0 saturated carbocycles. The first-order chi connectivity index (χ1) is 13.5. The maximum atomic E-state index is 12.2. The standard InChI is InChI=1S/C20H17NO7/c1-25-15-8-13(9-16(10-15)26-2)19-21-17(20(24)28-19)7-12-3-5-14(6-4-12)27-11-18(22)23/h3-10H,11H2,1-2H3,(H,22,23). The molecule has 1 N–H and O–H groups in total. The van der Waals surface area contributed by atoms with Crippen molar-refractivity contribution < 1.29 is 33.6 Å². The first-order valence-electron chi connectivity index (χ1n) is 8.19. The van der Waals surface area contributed by atoms with E-state index >= 15 is 0 Å². The average molecular weight is 383 g/mol. The lowest BCUT2D eigenvalue weighted by atomic mass is 10.2. The van der Waals surface area contributed by atoms with E-state index in [4.69, 9.17) is 24.1 Å².